The van der Waals surface area contributed by atoms with Gasteiger partial charge < -0.3 is 15.4 Å². The van der Waals surface area contributed by atoms with Gasteiger partial charge >= 0.3 is 0 Å². The fourth-order valence-electron chi connectivity index (χ4n) is 3.82. The van der Waals surface area contributed by atoms with Crippen LogP contribution in [0.25, 0.3) is 0 Å². The third kappa shape index (κ3) is 4.49. The lowest BCUT2D eigenvalue weighted by atomic mass is 9.98. The van der Waals surface area contributed by atoms with Gasteiger partial charge in [0.15, 0.2) is 5.69 Å². The number of hydrogen-bond donors (Lipinski definition) is 3. The molecular weight excluding hydrogens is 328 g/mol. The van der Waals surface area contributed by atoms with E-state index >= 15 is 0 Å². The first-order valence-electron chi connectivity index (χ1n) is 8.96. The number of carbonyl (C=O) groups is 1. The van der Waals surface area contributed by atoms with Crippen molar-refractivity contribution in [2.45, 2.75) is 58.1 Å². The zero-order chi connectivity index (χ0) is 16.1. The summed E-state index contributed by atoms with van der Waals surface area (Å²) in [7, 11) is 0. The van der Waals surface area contributed by atoms with Crippen LogP contribution in [0.15, 0.2) is 0 Å². The molecule has 0 bridgehead atoms. The highest BCUT2D eigenvalue weighted by Crippen LogP contribution is 2.30. The summed E-state index contributed by atoms with van der Waals surface area (Å²) >= 11 is 0. The Balaban J connectivity index is 0.00000208. The van der Waals surface area contributed by atoms with E-state index < -0.39 is 0 Å². The number of nitrogens with one attached hydrogen (secondary N) is 3. The molecule has 136 valence electrons. The fraction of sp³-hybridized carbons (Fsp3) is 0.765. The van der Waals surface area contributed by atoms with Crippen LogP contribution in [0, 0.1) is 5.92 Å². The Bertz CT molecular complexity index is 529. The van der Waals surface area contributed by atoms with E-state index in [-0.39, 0.29) is 24.4 Å². The maximum atomic E-state index is 12.4. The van der Waals surface area contributed by atoms with Crippen molar-refractivity contribution in [2.24, 2.45) is 5.92 Å². The summed E-state index contributed by atoms with van der Waals surface area (Å²) in [6.07, 6.45) is 7.21. The van der Waals surface area contributed by atoms with E-state index in [2.05, 4.69) is 20.8 Å². The zero-order valence-electron chi connectivity index (χ0n) is 14.4. The minimum absolute atomic E-state index is 0. The second-order valence-electron chi connectivity index (χ2n) is 6.54. The van der Waals surface area contributed by atoms with E-state index in [1.165, 1.54) is 25.7 Å². The molecular formula is C17H29ClN4O2. The van der Waals surface area contributed by atoms with Crippen LogP contribution in [0.1, 0.15) is 60.8 Å². The van der Waals surface area contributed by atoms with Gasteiger partial charge in [-0.2, -0.15) is 5.10 Å². The summed E-state index contributed by atoms with van der Waals surface area (Å²) in [6.45, 7) is 5.10. The van der Waals surface area contributed by atoms with E-state index in [1.807, 2.05) is 6.92 Å². The lowest BCUT2D eigenvalue weighted by Crippen LogP contribution is -2.32. The number of ether oxygens (including phenoxy) is 1. The predicted octanol–water partition coefficient (Wildman–Crippen LogP) is 2.19. The highest BCUT2D eigenvalue weighted by Gasteiger charge is 2.26. The minimum atomic E-state index is -0.0760. The highest BCUT2D eigenvalue weighted by atomic mass is 35.5. The Hall–Kier alpha value is -1.11. The molecule has 1 fully saturated rings. The molecule has 3 rings (SSSR count). The standard InChI is InChI=1S/C17H28N4O2.ClH/c1-2-23-15(12-5-3-4-6-12)8-10-19-17(22)16-13-11-18-9-7-14(13)20-21-16;/h12,15,18H,2-11H2,1H3,(H,19,22)(H,20,21);1H. The van der Waals surface area contributed by atoms with Crippen molar-refractivity contribution >= 4 is 18.3 Å². The monoisotopic (exact) mass is 356 g/mol. The van der Waals surface area contributed by atoms with Gasteiger partial charge in [-0.15, -0.1) is 12.4 Å². The van der Waals surface area contributed by atoms with Crippen molar-refractivity contribution in [2.75, 3.05) is 19.7 Å². The van der Waals surface area contributed by atoms with Crippen LogP contribution in [-0.4, -0.2) is 41.9 Å². The van der Waals surface area contributed by atoms with Gasteiger partial charge in [0.25, 0.3) is 5.91 Å². The number of rotatable bonds is 7. The predicted molar refractivity (Wildman–Crippen MR) is 95.6 cm³/mol. The van der Waals surface area contributed by atoms with Crippen molar-refractivity contribution in [3.63, 3.8) is 0 Å². The van der Waals surface area contributed by atoms with Gasteiger partial charge in [0.1, 0.15) is 0 Å². The molecule has 1 aliphatic heterocycles. The van der Waals surface area contributed by atoms with Gasteiger partial charge in [-0.05, 0) is 32.1 Å². The van der Waals surface area contributed by atoms with Crippen LogP contribution < -0.4 is 10.6 Å². The van der Waals surface area contributed by atoms with Crippen LogP contribution >= 0.6 is 12.4 Å². The van der Waals surface area contributed by atoms with Crippen molar-refractivity contribution in [3.8, 4) is 0 Å². The molecule has 1 aromatic heterocycles. The summed E-state index contributed by atoms with van der Waals surface area (Å²) in [6, 6.07) is 0. The van der Waals surface area contributed by atoms with Crippen LogP contribution in [0.4, 0.5) is 0 Å². The fourth-order valence-corrected chi connectivity index (χ4v) is 3.82. The molecule has 2 aliphatic rings. The molecule has 0 radical (unpaired) electrons. The maximum absolute atomic E-state index is 12.4. The van der Waals surface area contributed by atoms with Crippen LogP contribution in [0.5, 0.6) is 0 Å². The Kier molecular flexibility index (Phi) is 7.52. The molecule has 0 saturated heterocycles. The molecule has 0 spiro atoms. The third-order valence-corrected chi connectivity index (χ3v) is 5.04. The number of aromatic amines is 1. The minimum Gasteiger partial charge on any atom is -0.378 e. The second-order valence-corrected chi connectivity index (χ2v) is 6.54. The van der Waals surface area contributed by atoms with Crippen LogP contribution in [-0.2, 0) is 17.7 Å². The van der Waals surface area contributed by atoms with E-state index in [0.29, 0.717) is 18.2 Å². The zero-order valence-corrected chi connectivity index (χ0v) is 15.2. The van der Waals surface area contributed by atoms with E-state index in [0.717, 1.165) is 43.8 Å². The van der Waals surface area contributed by atoms with Gasteiger partial charge in [0.05, 0.1) is 6.10 Å². The lowest BCUT2D eigenvalue weighted by molar-refractivity contribution is 0.0163. The first kappa shape index (κ1) is 19.2. The summed E-state index contributed by atoms with van der Waals surface area (Å²) in [4.78, 5) is 12.4. The number of aromatic nitrogens is 2. The molecule has 1 unspecified atom stereocenters. The van der Waals surface area contributed by atoms with Crippen molar-refractivity contribution in [3.05, 3.63) is 17.0 Å². The molecule has 1 saturated carbocycles. The summed E-state index contributed by atoms with van der Waals surface area (Å²) in [5, 5.41) is 13.5. The molecule has 3 N–H and O–H groups in total. The molecule has 0 aromatic carbocycles. The normalized spacial score (nSPS) is 18.7. The third-order valence-electron chi connectivity index (χ3n) is 5.04. The van der Waals surface area contributed by atoms with Gasteiger partial charge in [0.2, 0.25) is 0 Å². The molecule has 6 nitrogen and oxygen atoms in total. The van der Waals surface area contributed by atoms with Gasteiger partial charge in [-0.3, -0.25) is 9.89 Å². The smallest absolute Gasteiger partial charge is 0.272 e. The molecule has 7 heteroatoms. The lowest BCUT2D eigenvalue weighted by Gasteiger charge is -2.23. The van der Waals surface area contributed by atoms with E-state index in [4.69, 9.17) is 4.74 Å². The Morgan fingerprint density at radius 1 is 1.42 bits per heavy atom. The summed E-state index contributed by atoms with van der Waals surface area (Å²) in [5.41, 5.74) is 2.65. The molecule has 1 aliphatic carbocycles. The summed E-state index contributed by atoms with van der Waals surface area (Å²) < 4.78 is 5.91. The average molecular weight is 357 g/mol. The molecule has 2 heterocycles. The Morgan fingerprint density at radius 2 is 2.21 bits per heavy atom. The SMILES string of the molecule is CCOC(CCNC(=O)c1n[nH]c2c1CNCC2)C1CCCC1.Cl. The van der Waals surface area contributed by atoms with Crippen molar-refractivity contribution in [1.82, 2.24) is 20.8 Å². The maximum Gasteiger partial charge on any atom is 0.272 e. The van der Waals surface area contributed by atoms with E-state index in [9.17, 15) is 4.79 Å². The number of carbonyl (C=O) groups excluding carboxylic acids is 1. The van der Waals surface area contributed by atoms with Crippen molar-refractivity contribution in [1.29, 1.82) is 0 Å². The number of H-pyrrole nitrogens is 1. The van der Waals surface area contributed by atoms with Crippen LogP contribution in [0.3, 0.4) is 0 Å². The van der Waals surface area contributed by atoms with E-state index in [1.54, 1.807) is 0 Å². The first-order valence-corrected chi connectivity index (χ1v) is 8.96. The number of hydrogen-bond acceptors (Lipinski definition) is 4. The molecule has 1 aromatic rings. The number of fused-ring (bicyclic) bond motifs is 1. The van der Waals surface area contributed by atoms with Gasteiger partial charge in [0, 0.05) is 43.9 Å². The number of nitrogens with zero attached hydrogens (tertiary/aromatic N) is 1. The number of halogens is 1. The largest absolute Gasteiger partial charge is 0.378 e. The van der Waals surface area contributed by atoms with Crippen LogP contribution in [0.2, 0.25) is 0 Å². The molecule has 24 heavy (non-hydrogen) atoms. The topological polar surface area (TPSA) is 79.0 Å². The second kappa shape index (κ2) is 9.39. The summed E-state index contributed by atoms with van der Waals surface area (Å²) in [5.74, 6) is 0.585. The Morgan fingerprint density at radius 3 is 2.96 bits per heavy atom. The quantitative estimate of drug-likeness (QED) is 0.699. The number of amides is 1. The molecule has 1 amide bonds. The van der Waals surface area contributed by atoms with Crippen molar-refractivity contribution < 1.29 is 9.53 Å². The first-order chi connectivity index (χ1) is 11.3. The molecule has 1 atom stereocenters. The van der Waals surface area contributed by atoms with Gasteiger partial charge in [-0.1, -0.05) is 12.8 Å². The average Bonchev–Trinajstić information content (AvgIpc) is 3.23. The Labute approximate surface area is 149 Å². The highest BCUT2D eigenvalue weighted by molar-refractivity contribution is 5.94. The van der Waals surface area contributed by atoms with Gasteiger partial charge in [-0.25, -0.2) is 0 Å².